The van der Waals surface area contributed by atoms with Crippen LogP contribution >= 0.6 is 0 Å². The average molecular weight is 325 g/mol. The van der Waals surface area contributed by atoms with Gasteiger partial charge in [-0.05, 0) is 35.2 Å². The highest BCUT2D eigenvalue weighted by atomic mass is 16.5. The summed E-state index contributed by atoms with van der Waals surface area (Å²) in [5.74, 6) is -0.998. The Morgan fingerprint density at radius 2 is 1.88 bits per heavy atom. The number of rotatable bonds is 5. The Morgan fingerprint density at radius 1 is 1.12 bits per heavy atom. The minimum Gasteiger partial charge on any atom is -0.481 e. The number of amides is 1. The fourth-order valence-corrected chi connectivity index (χ4v) is 2.91. The van der Waals surface area contributed by atoms with Crippen LogP contribution in [0.1, 0.15) is 29.2 Å². The van der Waals surface area contributed by atoms with E-state index in [1.54, 1.807) is 24.3 Å². The SMILES string of the molecule is O=C(O)Cc1ccc(NC(=O)CC2OCCc3ccccc32)cc1. The van der Waals surface area contributed by atoms with Crippen LogP contribution in [0.15, 0.2) is 48.5 Å². The Kier molecular flexibility index (Phi) is 4.91. The number of hydrogen-bond donors (Lipinski definition) is 2. The molecule has 124 valence electrons. The molecule has 2 N–H and O–H groups in total. The second kappa shape index (κ2) is 7.27. The Balaban J connectivity index is 1.61. The van der Waals surface area contributed by atoms with Crippen molar-refractivity contribution in [2.75, 3.05) is 11.9 Å². The number of anilines is 1. The average Bonchev–Trinajstić information content (AvgIpc) is 2.56. The molecule has 1 aliphatic rings. The molecule has 0 fully saturated rings. The number of hydrogen-bond acceptors (Lipinski definition) is 3. The number of ether oxygens (including phenoxy) is 1. The molecule has 2 aromatic carbocycles. The third-order valence-corrected chi connectivity index (χ3v) is 4.06. The zero-order valence-electron chi connectivity index (χ0n) is 13.2. The smallest absolute Gasteiger partial charge is 0.307 e. The molecule has 0 saturated carbocycles. The molecule has 5 heteroatoms. The van der Waals surface area contributed by atoms with Gasteiger partial charge in [0.15, 0.2) is 0 Å². The van der Waals surface area contributed by atoms with E-state index in [9.17, 15) is 9.59 Å². The summed E-state index contributed by atoms with van der Waals surface area (Å²) in [7, 11) is 0. The van der Waals surface area contributed by atoms with E-state index >= 15 is 0 Å². The Labute approximate surface area is 140 Å². The molecule has 0 radical (unpaired) electrons. The molecular weight excluding hydrogens is 306 g/mol. The predicted molar refractivity (Wildman–Crippen MR) is 89.9 cm³/mol. The fraction of sp³-hybridized carbons (Fsp3) is 0.263. The summed E-state index contributed by atoms with van der Waals surface area (Å²) in [6.45, 7) is 0.624. The number of benzene rings is 2. The second-order valence-corrected chi connectivity index (χ2v) is 5.83. The van der Waals surface area contributed by atoms with Crippen molar-refractivity contribution in [3.05, 3.63) is 65.2 Å². The Morgan fingerprint density at radius 3 is 2.62 bits per heavy atom. The molecule has 0 aliphatic carbocycles. The van der Waals surface area contributed by atoms with E-state index in [4.69, 9.17) is 9.84 Å². The summed E-state index contributed by atoms with van der Waals surface area (Å²) < 4.78 is 5.75. The number of carbonyl (C=O) groups is 2. The first-order chi connectivity index (χ1) is 11.6. The van der Waals surface area contributed by atoms with Crippen molar-refractivity contribution in [1.29, 1.82) is 0 Å². The first-order valence-corrected chi connectivity index (χ1v) is 7.92. The first kappa shape index (κ1) is 16.2. The standard InChI is InChI=1S/C19H19NO4/c21-18(20-15-7-5-13(6-8-15)11-19(22)23)12-17-16-4-2-1-3-14(16)9-10-24-17/h1-8,17H,9-12H2,(H,20,21)(H,22,23). The van der Waals surface area contributed by atoms with Crippen LogP contribution in [-0.2, 0) is 27.2 Å². The number of carbonyl (C=O) groups excluding carboxylic acids is 1. The molecule has 3 rings (SSSR count). The van der Waals surface area contributed by atoms with Gasteiger partial charge in [0, 0.05) is 5.69 Å². The van der Waals surface area contributed by atoms with Gasteiger partial charge >= 0.3 is 5.97 Å². The van der Waals surface area contributed by atoms with Crippen molar-refractivity contribution in [2.24, 2.45) is 0 Å². The molecule has 1 unspecified atom stereocenters. The lowest BCUT2D eigenvalue weighted by Gasteiger charge is -2.25. The summed E-state index contributed by atoms with van der Waals surface area (Å²) in [6.07, 6.45) is 0.884. The van der Waals surface area contributed by atoms with Crippen LogP contribution < -0.4 is 5.32 Å². The van der Waals surface area contributed by atoms with E-state index < -0.39 is 5.97 Å². The van der Waals surface area contributed by atoms with Crippen LogP contribution in [0.25, 0.3) is 0 Å². The molecule has 1 amide bonds. The van der Waals surface area contributed by atoms with Gasteiger partial charge in [-0.25, -0.2) is 0 Å². The van der Waals surface area contributed by atoms with Crippen LogP contribution in [0.2, 0.25) is 0 Å². The van der Waals surface area contributed by atoms with Crippen molar-refractivity contribution < 1.29 is 19.4 Å². The lowest BCUT2D eigenvalue weighted by molar-refractivity contribution is -0.136. The minimum atomic E-state index is -0.875. The van der Waals surface area contributed by atoms with E-state index in [1.165, 1.54) is 5.56 Å². The predicted octanol–water partition coefficient (Wildman–Crippen LogP) is 2.96. The number of fused-ring (bicyclic) bond motifs is 1. The fourth-order valence-electron chi connectivity index (χ4n) is 2.91. The van der Waals surface area contributed by atoms with Gasteiger partial charge in [0.25, 0.3) is 0 Å². The molecular formula is C19H19NO4. The summed E-state index contributed by atoms with van der Waals surface area (Å²) in [6, 6.07) is 14.9. The van der Waals surface area contributed by atoms with Crippen LogP contribution in [0, 0.1) is 0 Å². The molecule has 5 nitrogen and oxygen atoms in total. The van der Waals surface area contributed by atoms with Gasteiger partial charge in [0.2, 0.25) is 5.91 Å². The number of carboxylic acids is 1. The Bertz CT molecular complexity index is 739. The van der Waals surface area contributed by atoms with Gasteiger partial charge in [-0.3, -0.25) is 9.59 Å². The number of carboxylic acid groups (broad SMARTS) is 1. The van der Waals surface area contributed by atoms with Gasteiger partial charge in [-0.1, -0.05) is 36.4 Å². The second-order valence-electron chi connectivity index (χ2n) is 5.83. The minimum absolute atomic E-state index is 0.0269. The summed E-state index contributed by atoms with van der Waals surface area (Å²) >= 11 is 0. The molecule has 0 bridgehead atoms. The van der Waals surface area contributed by atoms with E-state index in [2.05, 4.69) is 11.4 Å². The van der Waals surface area contributed by atoms with Crippen LogP contribution in [0.4, 0.5) is 5.69 Å². The molecule has 0 saturated heterocycles. The van der Waals surface area contributed by atoms with Crippen LogP contribution in [0.5, 0.6) is 0 Å². The van der Waals surface area contributed by atoms with Gasteiger partial charge in [-0.15, -0.1) is 0 Å². The maximum absolute atomic E-state index is 12.3. The monoisotopic (exact) mass is 325 g/mol. The third-order valence-electron chi connectivity index (χ3n) is 4.06. The van der Waals surface area contributed by atoms with Crippen molar-refractivity contribution in [3.8, 4) is 0 Å². The molecule has 1 aliphatic heterocycles. The highest BCUT2D eigenvalue weighted by Crippen LogP contribution is 2.29. The lowest BCUT2D eigenvalue weighted by Crippen LogP contribution is -2.22. The largest absolute Gasteiger partial charge is 0.481 e. The highest BCUT2D eigenvalue weighted by Gasteiger charge is 2.23. The zero-order chi connectivity index (χ0) is 16.9. The molecule has 24 heavy (non-hydrogen) atoms. The van der Waals surface area contributed by atoms with Crippen LogP contribution in [0.3, 0.4) is 0 Å². The van der Waals surface area contributed by atoms with Crippen molar-refractivity contribution in [1.82, 2.24) is 0 Å². The molecule has 1 atom stereocenters. The first-order valence-electron chi connectivity index (χ1n) is 7.92. The van der Waals surface area contributed by atoms with E-state index in [1.807, 2.05) is 18.2 Å². The topological polar surface area (TPSA) is 75.6 Å². The third kappa shape index (κ3) is 4.00. The van der Waals surface area contributed by atoms with Crippen molar-refractivity contribution >= 4 is 17.6 Å². The summed E-state index contributed by atoms with van der Waals surface area (Å²) in [5, 5.41) is 11.6. The number of nitrogens with one attached hydrogen (secondary N) is 1. The van der Waals surface area contributed by atoms with Gasteiger partial charge in [0.1, 0.15) is 0 Å². The van der Waals surface area contributed by atoms with E-state index in [0.717, 1.165) is 12.0 Å². The molecule has 2 aromatic rings. The van der Waals surface area contributed by atoms with E-state index in [0.29, 0.717) is 17.9 Å². The summed E-state index contributed by atoms with van der Waals surface area (Å²) in [4.78, 5) is 22.9. The van der Waals surface area contributed by atoms with Gasteiger partial charge < -0.3 is 15.2 Å². The molecule has 0 spiro atoms. The highest BCUT2D eigenvalue weighted by molar-refractivity contribution is 5.91. The lowest BCUT2D eigenvalue weighted by atomic mass is 9.95. The molecule has 1 heterocycles. The number of aliphatic carboxylic acids is 1. The summed E-state index contributed by atoms with van der Waals surface area (Å²) in [5.41, 5.74) is 3.67. The maximum atomic E-state index is 12.3. The maximum Gasteiger partial charge on any atom is 0.307 e. The van der Waals surface area contributed by atoms with Gasteiger partial charge in [-0.2, -0.15) is 0 Å². The quantitative estimate of drug-likeness (QED) is 0.886. The Hall–Kier alpha value is -2.66. The zero-order valence-corrected chi connectivity index (χ0v) is 13.2. The van der Waals surface area contributed by atoms with Gasteiger partial charge in [0.05, 0.1) is 25.6 Å². The van der Waals surface area contributed by atoms with Crippen LogP contribution in [-0.4, -0.2) is 23.6 Å². The van der Waals surface area contributed by atoms with E-state index in [-0.39, 0.29) is 24.9 Å². The molecule has 0 aromatic heterocycles. The van der Waals surface area contributed by atoms with Crippen molar-refractivity contribution in [3.63, 3.8) is 0 Å². The van der Waals surface area contributed by atoms with Crippen molar-refractivity contribution in [2.45, 2.75) is 25.4 Å². The normalized spacial score (nSPS) is 16.2.